The molecule has 3 aromatic rings. The molecule has 3 heterocycles. The molecule has 2 saturated heterocycles. The third-order valence-electron chi connectivity index (χ3n) is 6.80. The number of Topliss-reactive ketones (excluding diaryl/α,β-unsaturated/α-hetero) is 1. The van der Waals surface area contributed by atoms with Gasteiger partial charge in [0.2, 0.25) is 0 Å². The number of carbonyl (C=O) groups excluding carboxylic acids is 2. The monoisotopic (exact) mass is 466 g/mol. The van der Waals surface area contributed by atoms with E-state index >= 15 is 0 Å². The lowest BCUT2D eigenvalue weighted by Crippen LogP contribution is -2.45. The van der Waals surface area contributed by atoms with E-state index in [4.69, 9.17) is 4.98 Å². The summed E-state index contributed by atoms with van der Waals surface area (Å²) >= 11 is 0. The minimum Gasteiger partial charge on any atom is -0.354 e. The molecule has 1 unspecified atom stereocenters. The van der Waals surface area contributed by atoms with Crippen molar-refractivity contribution in [2.24, 2.45) is 0 Å². The highest BCUT2D eigenvalue weighted by molar-refractivity contribution is 6.25. The van der Waals surface area contributed by atoms with Gasteiger partial charge in [-0.05, 0) is 36.4 Å². The number of amides is 1. The minimum absolute atomic E-state index is 0.141. The fraction of sp³-hybridized carbons (Fsp3) is 0.276. The van der Waals surface area contributed by atoms with Crippen molar-refractivity contribution in [2.75, 3.05) is 44.7 Å². The Hall–Kier alpha value is -3.77. The van der Waals surface area contributed by atoms with Gasteiger partial charge >= 0.3 is 0 Å². The average molecular weight is 467 g/mol. The summed E-state index contributed by atoms with van der Waals surface area (Å²) in [4.78, 5) is 38.3. The number of pyridine rings is 1. The number of hydrogen-bond acceptors (Lipinski definition) is 5. The number of ketones is 1. The summed E-state index contributed by atoms with van der Waals surface area (Å²) in [6.45, 7) is 4.60. The third kappa shape index (κ3) is 5.17. The lowest BCUT2D eigenvalue weighted by Gasteiger charge is -2.34. The van der Waals surface area contributed by atoms with Crippen LogP contribution in [0.15, 0.2) is 84.4 Å². The number of hydrogen-bond donors (Lipinski definition) is 0. The van der Waals surface area contributed by atoms with Gasteiger partial charge in [0.1, 0.15) is 5.82 Å². The molecular weight excluding hydrogens is 436 g/mol. The van der Waals surface area contributed by atoms with E-state index in [2.05, 4.69) is 16.8 Å². The highest BCUT2D eigenvalue weighted by atomic mass is 16.2. The van der Waals surface area contributed by atoms with Crippen LogP contribution in [0.4, 0.5) is 5.82 Å². The predicted octanol–water partition coefficient (Wildman–Crippen LogP) is 3.61. The van der Waals surface area contributed by atoms with Crippen LogP contribution in [-0.4, -0.2) is 66.2 Å². The SMILES string of the molecule is CN1CCN(c2cccc(C=C3C(=O)C(c4ccccc4)CN(Cc4ccccc4)C3=O)n2)CC1. The summed E-state index contributed by atoms with van der Waals surface area (Å²) in [6.07, 6.45) is 1.68. The number of carbonyl (C=O) groups is 2. The third-order valence-corrected chi connectivity index (χ3v) is 6.80. The van der Waals surface area contributed by atoms with E-state index in [0.29, 0.717) is 18.8 Å². The fourth-order valence-corrected chi connectivity index (χ4v) is 4.74. The second-order valence-electron chi connectivity index (χ2n) is 9.27. The number of likely N-dealkylation sites (tertiary alicyclic amines) is 1. The Balaban J connectivity index is 1.47. The number of piperidine rings is 1. The van der Waals surface area contributed by atoms with Crippen molar-refractivity contribution in [2.45, 2.75) is 12.5 Å². The number of rotatable bonds is 5. The number of benzene rings is 2. The van der Waals surface area contributed by atoms with E-state index in [1.165, 1.54) is 0 Å². The van der Waals surface area contributed by atoms with Crippen molar-refractivity contribution in [1.29, 1.82) is 0 Å². The van der Waals surface area contributed by atoms with Crippen molar-refractivity contribution in [3.63, 3.8) is 0 Å². The molecule has 1 atom stereocenters. The zero-order valence-corrected chi connectivity index (χ0v) is 20.0. The Morgan fingerprint density at radius 2 is 1.54 bits per heavy atom. The van der Waals surface area contributed by atoms with Crippen LogP contribution in [0.5, 0.6) is 0 Å². The van der Waals surface area contributed by atoms with Crippen molar-refractivity contribution >= 4 is 23.6 Å². The predicted molar refractivity (Wildman–Crippen MR) is 138 cm³/mol. The topological polar surface area (TPSA) is 56.8 Å². The second kappa shape index (κ2) is 10.2. The summed E-state index contributed by atoms with van der Waals surface area (Å²) in [5, 5.41) is 0. The van der Waals surface area contributed by atoms with Gasteiger partial charge in [-0.1, -0.05) is 66.7 Å². The molecule has 2 fully saturated rings. The van der Waals surface area contributed by atoms with Crippen LogP contribution in [-0.2, 0) is 16.1 Å². The van der Waals surface area contributed by atoms with Gasteiger partial charge in [-0.15, -0.1) is 0 Å². The molecule has 0 N–H and O–H groups in total. The zero-order valence-electron chi connectivity index (χ0n) is 20.0. The molecule has 1 amide bonds. The lowest BCUT2D eigenvalue weighted by molar-refractivity contribution is -0.134. The smallest absolute Gasteiger partial charge is 0.257 e. The number of nitrogens with zero attached hydrogens (tertiary/aromatic N) is 4. The maximum Gasteiger partial charge on any atom is 0.257 e. The van der Waals surface area contributed by atoms with Gasteiger partial charge in [0.05, 0.1) is 17.2 Å². The molecule has 6 nitrogen and oxygen atoms in total. The van der Waals surface area contributed by atoms with Gasteiger partial charge in [-0.3, -0.25) is 9.59 Å². The Kier molecular flexibility index (Phi) is 6.73. The van der Waals surface area contributed by atoms with Crippen LogP contribution in [0.3, 0.4) is 0 Å². The van der Waals surface area contributed by atoms with Gasteiger partial charge in [0.15, 0.2) is 5.78 Å². The molecule has 1 aromatic heterocycles. The first kappa shape index (κ1) is 23.0. The van der Waals surface area contributed by atoms with E-state index < -0.39 is 5.92 Å². The molecule has 178 valence electrons. The molecule has 0 saturated carbocycles. The molecule has 2 aliphatic heterocycles. The Labute approximate surface area is 206 Å². The minimum atomic E-state index is -0.398. The van der Waals surface area contributed by atoms with E-state index in [9.17, 15) is 9.59 Å². The Morgan fingerprint density at radius 3 is 2.26 bits per heavy atom. The van der Waals surface area contributed by atoms with Crippen molar-refractivity contribution in [1.82, 2.24) is 14.8 Å². The number of aromatic nitrogens is 1. The number of likely N-dealkylation sites (N-methyl/N-ethyl adjacent to an activating group) is 1. The molecular formula is C29H30N4O2. The molecule has 0 bridgehead atoms. The first-order valence-corrected chi connectivity index (χ1v) is 12.1. The highest BCUT2D eigenvalue weighted by Crippen LogP contribution is 2.30. The highest BCUT2D eigenvalue weighted by Gasteiger charge is 2.38. The van der Waals surface area contributed by atoms with Crippen LogP contribution in [0.25, 0.3) is 6.08 Å². The summed E-state index contributed by atoms with van der Waals surface area (Å²) in [5.41, 5.74) is 2.79. The summed E-state index contributed by atoms with van der Waals surface area (Å²) in [7, 11) is 2.12. The van der Waals surface area contributed by atoms with Crippen LogP contribution in [0.1, 0.15) is 22.7 Å². The molecule has 5 rings (SSSR count). The maximum absolute atomic E-state index is 13.6. The first-order chi connectivity index (χ1) is 17.1. The lowest BCUT2D eigenvalue weighted by atomic mass is 9.85. The van der Waals surface area contributed by atoms with E-state index in [0.717, 1.165) is 43.1 Å². The van der Waals surface area contributed by atoms with Crippen LogP contribution >= 0.6 is 0 Å². The van der Waals surface area contributed by atoms with E-state index in [1.54, 1.807) is 11.0 Å². The van der Waals surface area contributed by atoms with E-state index in [1.807, 2.05) is 78.9 Å². The summed E-state index contributed by atoms with van der Waals surface area (Å²) in [6, 6.07) is 25.4. The number of anilines is 1. The average Bonchev–Trinajstić information content (AvgIpc) is 2.90. The number of piperazine rings is 1. The fourth-order valence-electron chi connectivity index (χ4n) is 4.74. The van der Waals surface area contributed by atoms with Gasteiger partial charge in [-0.25, -0.2) is 4.98 Å². The van der Waals surface area contributed by atoms with Crippen LogP contribution < -0.4 is 4.90 Å². The molecule has 2 aromatic carbocycles. The van der Waals surface area contributed by atoms with Gasteiger partial charge in [0.25, 0.3) is 5.91 Å². The standard InChI is InChI=1S/C29H30N4O2/c1-31-15-17-32(18-16-31)27-14-8-13-24(30-27)19-25-28(34)26(23-11-6-3-7-12-23)21-33(29(25)35)20-22-9-4-2-5-10-22/h2-14,19,26H,15-18,20-21H2,1H3. The molecule has 2 aliphatic rings. The van der Waals surface area contributed by atoms with Gasteiger partial charge < -0.3 is 14.7 Å². The van der Waals surface area contributed by atoms with Gasteiger partial charge in [0, 0.05) is 39.3 Å². The van der Waals surface area contributed by atoms with Crippen molar-refractivity contribution in [3.8, 4) is 0 Å². The molecule has 35 heavy (non-hydrogen) atoms. The molecule has 6 heteroatoms. The van der Waals surface area contributed by atoms with E-state index in [-0.39, 0.29) is 17.3 Å². The van der Waals surface area contributed by atoms with Crippen LogP contribution in [0, 0.1) is 0 Å². The normalized spacial score (nSPS) is 20.5. The quantitative estimate of drug-likeness (QED) is 0.425. The van der Waals surface area contributed by atoms with Crippen molar-refractivity contribution < 1.29 is 9.59 Å². The van der Waals surface area contributed by atoms with Crippen LogP contribution in [0.2, 0.25) is 0 Å². The molecule has 0 spiro atoms. The zero-order chi connectivity index (χ0) is 24.2. The molecule has 0 aliphatic carbocycles. The second-order valence-corrected chi connectivity index (χ2v) is 9.27. The summed E-state index contributed by atoms with van der Waals surface area (Å²) < 4.78 is 0. The van der Waals surface area contributed by atoms with Crippen molar-refractivity contribution in [3.05, 3.63) is 101 Å². The largest absolute Gasteiger partial charge is 0.354 e. The molecule has 0 radical (unpaired) electrons. The first-order valence-electron chi connectivity index (χ1n) is 12.1. The maximum atomic E-state index is 13.6. The Bertz CT molecular complexity index is 1220. The summed E-state index contributed by atoms with van der Waals surface area (Å²) in [5.74, 6) is 0.101. The van der Waals surface area contributed by atoms with Gasteiger partial charge in [-0.2, -0.15) is 0 Å². The Morgan fingerprint density at radius 1 is 0.857 bits per heavy atom.